The maximum Gasteiger partial charge on any atom is 0.243 e. The van der Waals surface area contributed by atoms with Crippen LogP contribution >= 0.6 is 0 Å². The van der Waals surface area contributed by atoms with E-state index < -0.39 is 11.6 Å². The van der Waals surface area contributed by atoms with E-state index in [4.69, 9.17) is 0 Å². The van der Waals surface area contributed by atoms with Crippen LogP contribution in [0.15, 0.2) is 48.5 Å². The summed E-state index contributed by atoms with van der Waals surface area (Å²) in [4.78, 5) is 44.1. The quantitative estimate of drug-likeness (QED) is 0.634. The van der Waals surface area contributed by atoms with Crippen molar-refractivity contribution in [2.24, 2.45) is 0 Å². The van der Waals surface area contributed by atoms with Gasteiger partial charge in [-0.05, 0) is 70.2 Å². The summed E-state index contributed by atoms with van der Waals surface area (Å²) in [6.45, 7) is 13.3. The number of nitrogens with one attached hydrogen (secondary N) is 2. The number of nitrogens with zero attached hydrogens (tertiary/aromatic N) is 2. The second-order valence-electron chi connectivity index (χ2n) is 12.7. The van der Waals surface area contributed by atoms with Gasteiger partial charge in [0.05, 0.1) is 6.04 Å². The molecule has 0 aromatic heterocycles. The summed E-state index contributed by atoms with van der Waals surface area (Å²) >= 11 is 0. The van der Waals surface area contributed by atoms with Gasteiger partial charge in [0.25, 0.3) is 0 Å². The van der Waals surface area contributed by atoms with Gasteiger partial charge in [0, 0.05) is 43.6 Å². The molecule has 2 aliphatic rings. The van der Waals surface area contributed by atoms with Gasteiger partial charge in [0.2, 0.25) is 17.7 Å². The Morgan fingerprint density at radius 2 is 1.16 bits per heavy atom. The van der Waals surface area contributed by atoms with E-state index in [2.05, 4.69) is 27.7 Å². The molecule has 0 aliphatic carbocycles. The number of amides is 3. The van der Waals surface area contributed by atoms with Crippen LogP contribution in [-0.4, -0.2) is 57.2 Å². The number of benzene rings is 2. The Hall–Kier alpha value is -3.19. The van der Waals surface area contributed by atoms with E-state index >= 15 is 0 Å². The van der Waals surface area contributed by atoms with Crippen LogP contribution in [0.3, 0.4) is 0 Å². The van der Waals surface area contributed by atoms with Crippen LogP contribution in [0, 0.1) is 0 Å². The molecule has 2 N–H and O–H groups in total. The van der Waals surface area contributed by atoms with Crippen LogP contribution < -0.4 is 10.6 Å². The van der Waals surface area contributed by atoms with Crippen molar-refractivity contribution in [2.45, 2.75) is 97.1 Å². The molecule has 2 unspecified atom stereocenters. The predicted octanol–water partition coefficient (Wildman–Crippen LogP) is 3.59. The fourth-order valence-corrected chi connectivity index (χ4v) is 5.38. The molecule has 204 valence electrons. The first-order valence-corrected chi connectivity index (χ1v) is 13.6. The Morgan fingerprint density at radius 1 is 0.711 bits per heavy atom. The lowest BCUT2D eigenvalue weighted by Gasteiger charge is -2.39. The minimum absolute atomic E-state index is 0.0196. The van der Waals surface area contributed by atoms with Gasteiger partial charge in [-0.1, -0.05) is 48.5 Å². The number of carbonyl (C=O) groups is 3. The molecule has 4 rings (SSSR count). The molecule has 7 nitrogen and oxygen atoms in total. The SMILES string of the molecule is CC(C)(C)NC(=O)C1Cc2ccccc2CN1CCC(=O)N1Cc2ccccc2CC1C(=O)NC(C)(C)C. The van der Waals surface area contributed by atoms with Crippen LogP contribution in [0.5, 0.6) is 0 Å². The Kier molecular flexibility index (Phi) is 7.98. The Balaban J connectivity index is 1.52. The van der Waals surface area contributed by atoms with Crippen LogP contribution in [0.4, 0.5) is 0 Å². The Bertz CT molecular complexity index is 1190. The number of rotatable bonds is 5. The van der Waals surface area contributed by atoms with Crippen LogP contribution in [-0.2, 0) is 40.3 Å². The van der Waals surface area contributed by atoms with Crippen molar-refractivity contribution < 1.29 is 14.4 Å². The lowest BCUT2D eigenvalue weighted by molar-refractivity contribution is -0.143. The third kappa shape index (κ3) is 6.81. The smallest absolute Gasteiger partial charge is 0.243 e. The first-order valence-electron chi connectivity index (χ1n) is 13.6. The molecule has 2 aliphatic heterocycles. The minimum atomic E-state index is -0.557. The molecule has 2 atom stereocenters. The molecule has 2 aromatic carbocycles. The predicted molar refractivity (Wildman–Crippen MR) is 149 cm³/mol. The van der Waals surface area contributed by atoms with Crippen molar-refractivity contribution in [3.8, 4) is 0 Å². The van der Waals surface area contributed by atoms with Crippen molar-refractivity contribution in [1.29, 1.82) is 0 Å². The van der Waals surface area contributed by atoms with E-state index in [0.717, 1.165) is 11.1 Å². The van der Waals surface area contributed by atoms with Gasteiger partial charge in [-0.15, -0.1) is 0 Å². The normalized spacial score (nSPS) is 19.8. The zero-order chi connectivity index (χ0) is 27.7. The largest absolute Gasteiger partial charge is 0.350 e. The summed E-state index contributed by atoms with van der Waals surface area (Å²) < 4.78 is 0. The van der Waals surface area contributed by atoms with Crippen molar-refractivity contribution in [3.05, 3.63) is 70.8 Å². The highest BCUT2D eigenvalue weighted by Crippen LogP contribution is 2.27. The molecule has 3 amide bonds. The van der Waals surface area contributed by atoms with Crippen LogP contribution in [0.25, 0.3) is 0 Å². The standard InChI is InChI=1S/C31H42N4O3/c1-30(2,3)32-28(37)25-17-21-11-7-9-13-23(21)19-34(25)16-15-27(36)35-20-24-14-10-8-12-22(24)18-26(35)29(38)33-31(4,5)6/h7-14,25-26H,15-20H2,1-6H3,(H,32,37)(H,33,38). The average Bonchev–Trinajstić information content (AvgIpc) is 2.83. The number of carbonyl (C=O) groups excluding carboxylic acids is 3. The van der Waals surface area contributed by atoms with Gasteiger partial charge in [0.15, 0.2) is 0 Å². The number of fused-ring (bicyclic) bond motifs is 2. The molecule has 0 fully saturated rings. The second kappa shape index (κ2) is 10.9. The highest BCUT2D eigenvalue weighted by molar-refractivity contribution is 5.89. The lowest BCUT2D eigenvalue weighted by atomic mass is 9.91. The van der Waals surface area contributed by atoms with Gasteiger partial charge >= 0.3 is 0 Å². The molecule has 0 radical (unpaired) electrons. The van der Waals surface area contributed by atoms with E-state index in [1.807, 2.05) is 77.9 Å². The van der Waals surface area contributed by atoms with Gasteiger partial charge < -0.3 is 15.5 Å². The van der Waals surface area contributed by atoms with Crippen molar-refractivity contribution in [2.75, 3.05) is 6.54 Å². The summed E-state index contributed by atoms with van der Waals surface area (Å²) in [5.74, 6) is -0.217. The molecule has 0 bridgehead atoms. The third-order valence-corrected chi connectivity index (χ3v) is 7.13. The average molecular weight is 519 g/mol. The lowest BCUT2D eigenvalue weighted by Crippen LogP contribution is -2.57. The van der Waals surface area contributed by atoms with E-state index in [1.54, 1.807) is 4.90 Å². The molecule has 0 spiro atoms. The van der Waals surface area contributed by atoms with E-state index in [0.29, 0.717) is 32.5 Å². The minimum Gasteiger partial charge on any atom is -0.350 e. The first-order chi connectivity index (χ1) is 17.8. The zero-order valence-corrected chi connectivity index (χ0v) is 23.6. The number of hydrogen-bond donors (Lipinski definition) is 2. The summed E-state index contributed by atoms with van der Waals surface area (Å²) in [6, 6.07) is 15.3. The molecule has 2 heterocycles. The van der Waals surface area contributed by atoms with Crippen molar-refractivity contribution in [3.63, 3.8) is 0 Å². The molecule has 7 heteroatoms. The van der Waals surface area contributed by atoms with Gasteiger partial charge in [0.1, 0.15) is 6.04 Å². The molecular weight excluding hydrogens is 476 g/mol. The van der Waals surface area contributed by atoms with Gasteiger partial charge in [-0.2, -0.15) is 0 Å². The summed E-state index contributed by atoms with van der Waals surface area (Å²) in [6.07, 6.45) is 1.35. The molecule has 0 saturated carbocycles. The van der Waals surface area contributed by atoms with E-state index in [-0.39, 0.29) is 35.7 Å². The molecule has 0 saturated heterocycles. The van der Waals surface area contributed by atoms with E-state index in [9.17, 15) is 14.4 Å². The fraction of sp³-hybridized carbons (Fsp3) is 0.516. The summed E-state index contributed by atoms with van der Waals surface area (Å²) in [5, 5.41) is 6.19. The van der Waals surface area contributed by atoms with Crippen molar-refractivity contribution in [1.82, 2.24) is 20.4 Å². The maximum absolute atomic E-state index is 13.7. The highest BCUT2D eigenvalue weighted by Gasteiger charge is 2.37. The van der Waals surface area contributed by atoms with Gasteiger partial charge in [-0.3, -0.25) is 19.3 Å². The van der Waals surface area contributed by atoms with Gasteiger partial charge in [-0.25, -0.2) is 0 Å². The fourth-order valence-electron chi connectivity index (χ4n) is 5.38. The first kappa shape index (κ1) is 27.8. The summed E-state index contributed by atoms with van der Waals surface area (Å²) in [7, 11) is 0. The van der Waals surface area contributed by atoms with E-state index in [1.165, 1.54) is 11.1 Å². The zero-order valence-electron chi connectivity index (χ0n) is 23.6. The molecule has 2 aromatic rings. The highest BCUT2D eigenvalue weighted by atomic mass is 16.2. The second-order valence-corrected chi connectivity index (χ2v) is 12.7. The Labute approximate surface area is 227 Å². The van der Waals surface area contributed by atoms with Crippen LogP contribution in [0.1, 0.15) is 70.2 Å². The molecule has 38 heavy (non-hydrogen) atoms. The van der Waals surface area contributed by atoms with Crippen LogP contribution in [0.2, 0.25) is 0 Å². The molecular formula is C31H42N4O3. The monoisotopic (exact) mass is 518 g/mol. The topological polar surface area (TPSA) is 81.8 Å². The van der Waals surface area contributed by atoms with Crippen molar-refractivity contribution >= 4 is 17.7 Å². The Morgan fingerprint density at radius 3 is 1.68 bits per heavy atom. The summed E-state index contributed by atoms with van der Waals surface area (Å²) in [5.41, 5.74) is 3.82. The third-order valence-electron chi connectivity index (χ3n) is 7.13. The number of hydrogen-bond acceptors (Lipinski definition) is 4. The maximum atomic E-state index is 13.7.